The number of fused-ring (bicyclic) bond motifs is 2. The molecule has 0 bridgehead atoms. The van der Waals surface area contributed by atoms with Gasteiger partial charge in [0.1, 0.15) is 11.2 Å². The van der Waals surface area contributed by atoms with Crippen molar-refractivity contribution in [2.75, 3.05) is 0 Å². The molecule has 164 valence electrons. The first-order valence-corrected chi connectivity index (χ1v) is 10.9. The van der Waals surface area contributed by atoms with Crippen molar-refractivity contribution < 1.29 is 13.6 Å². The van der Waals surface area contributed by atoms with Gasteiger partial charge in [-0.15, -0.1) is 0 Å². The molecule has 0 aliphatic carbocycles. The zero-order valence-corrected chi connectivity index (χ0v) is 18.6. The van der Waals surface area contributed by atoms with Crippen molar-refractivity contribution in [1.82, 2.24) is 5.32 Å². The first kappa shape index (κ1) is 21.0. The van der Waals surface area contributed by atoms with Crippen molar-refractivity contribution in [3.63, 3.8) is 0 Å². The number of hydrogen-bond acceptors (Lipinski definition) is 4. The van der Waals surface area contributed by atoms with Crippen molar-refractivity contribution in [3.8, 4) is 11.1 Å². The van der Waals surface area contributed by atoms with Crippen LogP contribution in [0.25, 0.3) is 33.1 Å². The van der Waals surface area contributed by atoms with E-state index >= 15 is 0 Å². The number of aryl methyl sites for hydroxylation is 1. The second-order valence-corrected chi connectivity index (χ2v) is 8.37. The Morgan fingerprint density at radius 1 is 0.970 bits per heavy atom. The molecule has 1 amide bonds. The molecular weight excluding hydrogens is 438 g/mol. The summed E-state index contributed by atoms with van der Waals surface area (Å²) in [6, 6.07) is 20.8. The van der Waals surface area contributed by atoms with Gasteiger partial charge in [-0.2, -0.15) is 0 Å². The molecule has 0 fully saturated rings. The lowest BCUT2D eigenvalue weighted by Crippen LogP contribution is -2.27. The zero-order chi connectivity index (χ0) is 22.9. The Balaban J connectivity index is 1.50. The molecule has 0 aliphatic heterocycles. The molecule has 1 N–H and O–H groups in total. The fraction of sp³-hybridized carbons (Fsp3) is 0.111. The smallest absolute Gasteiger partial charge is 0.340 e. The highest BCUT2D eigenvalue weighted by molar-refractivity contribution is 6.30. The Bertz CT molecular complexity index is 1530. The van der Waals surface area contributed by atoms with Crippen molar-refractivity contribution in [1.29, 1.82) is 0 Å². The molecule has 2 heterocycles. The second-order valence-electron chi connectivity index (χ2n) is 7.93. The number of carbonyl (C=O) groups excluding carboxylic acids is 1. The van der Waals surface area contributed by atoms with Crippen LogP contribution in [0.4, 0.5) is 0 Å². The van der Waals surface area contributed by atoms with E-state index < -0.39 is 5.63 Å². The van der Waals surface area contributed by atoms with Gasteiger partial charge in [-0.25, -0.2) is 4.79 Å². The van der Waals surface area contributed by atoms with Crippen LogP contribution in [0.3, 0.4) is 0 Å². The lowest BCUT2D eigenvalue weighted by Gasteiger charge is -2.09. The molecule has 0 saturated heterocycles. The SMILES string of the molecule is Cc1c(CC(=O)NCc2ccccc2)c(=O)oc2cc3occ(-c4ccc(Cl)cc4)c3cc12. The van der Waals surface area contributed by atoms with E-state index in [1.165, 1.54) is 0 Å². The highest BCUT2D eigenvalue weighted by Gasteiger charge is 2.18. The fourth-order valence-electron chi connectivity index (χ4n) is 3.99. The quantitative estimate of drug-likeness (QED) is 0.327. The van der Waals surface area contributed by atoms with Gasteiger partial charge in [0.05, 0.1) is 18.2 Å². The largest absolute Gasteiger partial charge is 0.464 e. The maximum atomic E-state index is 12.7. The summed E-state index contributed by atoms with van der Waals surface area (Å²) in [6.07, 6.45) is 1.63. The number of benzene rings is 3. The van der Waals surface area contributed by atoms with Gasteiger partial charge in [-0.1, -0.05) is 54.1 Å². The first-order chi connectivity index (χ1) is 16.0. The second kappa shape index (κ2) is 8.60. The summed E-state index contributed by atoms with van der Waals surface area (Å²) in [6.45, 7) is 2.24. The first-order valence-electron chi connectivity index (χ1n) is 10.5. The molecule has 6 heteroatoms. The minimum Gasteiger partial charge on any atom is -0.464 e. The number of halogens is 1. The maximum Gasteiger partial charge on any atom is 0.340 e. The van der Waals surface area contributed by atoms with Gasteiger partial charge in [-0.3, -0.25) is 4.79 Å². The van der Waals surface area contributed by atoms with Crippen LogP contribution < -0.4 is 10.9 Å². The topological polar surface area (TPSA) is 72.5 Å². The van der Waals surface area contributed by atoms with E-state index in [4.69, 9.17) is 20.4 Å². The third-order valence-electron chi connectivity index (χ3n) is 5.81. The van der Waals surface area contributed by atoms with Gasteiger partial charge in [0.25, 0.3) is 0 Å². The van der Waals surface area contributed by atoms with Gasteiger partial charge in [0.15, 0.2) is 0 Å². The minimum absolute atomic E-state index is 0.0512. The van der Waals surface area contributed by atoms with Gasteiger partial charge < -0.3 is 14.2 Å². The summed E-state index contributed by atoms with van der Waals surface area (Å²) in [5, 5.41) is 5.18. The van der Waals surface area contributed by atoms with E-state index in [0.717, 1.165) is 33.0 Å². The Kier molecular flexibility index (Phi) is 5.48. The predicted molar refractivity (Wildman–Crippen MR) is 129 cm³/mol. The molecule has 0 spiro atoms. The van der Waals surface area contributed by atoms with Crippen LogP contribution in [0.1, 0.15) is 16.7 Å². The number of furan rings is 1. The van der Waals surface area contributed by atoms with Crippen molar-refractivity contribution in [3.05, 3.63) is 105 Å². The summed E-state index contributed by atoms with van der Waals surface area (Å²) in [4.78, 5) is 25.2. The van der Waals surface area contributed by atoms with Crippen LogP contribution in [0.15, 0.2) is 86.6 Å². The standard InChI is InChI=1S/C27H20ClNO4/c1-16-20-11-22-23(18-7-9-19(28)10-8-18)15-32-24(22)13-25(20)33-27(31)21(16)12-26(30)29-14-17-5-3-2-4-6-17/h2-11,13,15H,12,14H2,1H3,(H,29,30). The van der Waals surface area contributed by atoms with Crippen LogP contribution >= 0.6 is 11.6 Å². The molecule has 3 aromatic carbocycles. The summed E-state index contributed by atoms with van der Waals surface area (Å²) in [7, 11) is 0. The molecule has 0 saturated carbocycles. The number of rotatable bonds is 5. The van der Waals surface area contributed by atoms with Crippen molar-refractivity contribution in [2.45, 2.75) is 19.9 Å². The average molecular weight is 458 g/mol. The molecule has 5 rings (SSSR count). The number of nitrogens with one attached hydrogen (secondary N) is 1. The van der Waals surface area contributed by atoms with E-state index in [2.05, 4.69) is 5.32 Å². The lowest BCUT2D eigenvalue weighted by molar-refractivity contribution is -0.120. The summed E-state index contributed by atoms with van der Waals surface area (Å²) < 4.78 is 11.3. The van der Waals surface area contributed by atoms with E-state index in [9.17, 15) is 9.59 Å². The highest BCUT2D eigenvalue weighted by Crippen LogP contribution is 2.35. The van der Waals surface area contributed by atoms with E-state index in [1.54, 1.807) is 12.3 Å². The average Bonchev–Trinajstić information content (AvgIpc) is 3.23. The Morgan fingerprint density at radius 3 is 2.48 bits per heavy atom. The van der Waals surface area contributed by atoms with Gasteiger partial charge >= 0.3 is 5.63 Å². The van der Waals surface area contributed by atoms with Crippen LogP contribution in [0.5, 0.6) is 0 Å². The van der Waals surface area contributed by atoms with Crippen LogP contribution in [-0.4, -0.2) is 5.91 Å². The highest BCUT2D eigenvalue weighted by atomic mass is 35.5. The Hall–Kier alpha value is -3.83. The summed E-state index contributed by atoms with van der Waals surface area (Å²) >= 11 is 6.02. The van der Waals surface area contributed by atoms with Gasteiger partial charge in [0.2, 0.25) is 5.91 Å². The molecular formula is C27H20ClNO4. The molecule has 0 atom stereocenters. The van der Waals surface area contributed by atoms with E-state index in [-0.39, 0.29) is 12.3 Å². The summed E-state index contributed by atoms with van der Waals surface area (Å²) in [5.41, 5.74) is 4.47. The van der Waals surface area contributed by atoms with Crippen LogP contribution in [-0.2, 0) is 17.8 Å². The third-order valence-corrected chi connectivity index (χ3v) is 6.06. The summed E-state index contributed by atoms with van der Waals surface area (Å²) in [5.74, 6) is -0.236. The number of carbonyl (C=O) groups is 1. The molecule has 0 radical (unpaired) electrons. The van der Waals surface area contributed by atoms with Gasteiger partial charge in [-0.05, 0) is 41.8 Å². The molecule has 0 aliphatic rings. The van der Waals surface area contributed by atoms with Crippen LogP contribution in [0, 0.1) is 6.92 Å². The maximum absolute atomic E-state index is 12.7. The van der Waals surface area contributed by atoms with Gasteiger partial charge in [0, 0.05) is 34.0 Å². The number of hydrogen-bond donors (Lipinski definition) is 1. The van der Waals surface area contributed by atoms with E-state index in [1.807, 2.05) is 67.6 Å². The van der Waals surface area contributed by atoms with E-state index in [0.29, 0.717) is 28.3 Å². The predicted octanol–water partition coefficient (Wildman–Crippen LogP) is 6.03. The lowest BCUT2D eigenvalue weighted by atomic mass is 9.99. The van der Waals surface area contributed by atoms with Crippen LogP contribution in [0.2, 0.25) is 5.02 Å². The molecule has 5 aromatic rings. The minimum atomic E-state index is -0.515. The van der Waals surface area contributed by atoms with Crippen molar-refractivity contribution >= 4 is 39.4 Å². The fourth-order valence-corrected chi connectivity index (χ4v) is 4.11. The van der Waals surface area contributed by atoms with Crippen molar-refractivity contribution in [2.24, 2.45) is 0 Å². The molecule has 5 nitrogen and oxygen atoms in total. The monoisotopic (exact) mass is 457 g/mol. The molecule has 2 aromatic heterocycles. The Morgan fingerprint density at radius 2 is 1.73 bits per heavy atom. The molecule has 33 heavy (non-hydrogen) atoms. The normalized spacial score (nSPS) is 11.2. The Labute approximate surface area is 194 Å². The third kappa shape index (κ3) is 4.15. The number of amides is 1. The zero-order valence-electron chi connectivity index (χ0n) is 17.9. The molecule has 0 unspecified atom stereocenters.